The van der Waals surface area contributed by atoms with Crippen LogP contribution in [0.15, 0.2) is 42.6 Å². The number of aryl methyl sites for hydroxylation is 1. The van der Waals surface area contributed by atoms with E-state index < -0.39 is 0 Å². The standard InChI is InChI=1S/C25H36N2O2/c1-21-9-3-6-12-23(21)19-26-16-7-13-24(26)20-27(17-8-18-29-2)25(28)15-14-22-10-4-5-11-22/h3,6-7,9,12-13,16,22H,4-5,8,10-11,14-15,17-20H2,1-2H3. The summed E-state index contributed by atoms with van der Waals surface area (Å²) in [6.45, 7) is 5.12. The lowest BCUT2D eigenvalue weighted by atomic mass is 10.0. The monoisotopic (exact) mass is 396 g/mol. The average Bonchev–Trinajstić information content (AvgIpc) is 3.39. The quantitative estimate of drug-likeness (QED) is 0.491. The van der Waals surface area contributed by atoms with Gasteiger partial charge >= 0.3 is 0 Å². The van der Waals surface area contributed by atoms with Gasteiger partial charge in [-0.25, -0.2) is 0 Å². The van der Waals surface area contributed by atoms with E-state index in [-0.39, 0.29) is 5.91 Å². The Morgan fingerprint density at radius 2 is 1.97 bits per heavy atom. The first-order valence-electron chi connectivity index (χ1n) is 11.1. The second-order valence-electron chi connectivity index (χ2n) is 8.40. The van der Waals surface area contributed by atoms with Crippen LogP contribution in [-0.4, -0.2) is 35.6 Å². The number of carbonyl (C=O) groups is 1. The first kappa shape index (κ1) is 21.6. The molecule has 0 atom stereocenters. The van der Waals surface area contributed by atoms with Gasteiger partial charge in [-0.05, 0) is 48.9 Å². The topological polar surface area (TPSA) is 34.5 Å². The zero-order chi connectivity index (χ0) is 20.5. The van der Waals surface area contributed by atoms with Crippen LogP contribution >= 0.6 is 0 Å². The molecule has 4 heteroatoms. The number of hydrogen-bond donors (Lipinski definition) is 0. The fourth-order valence-corrected chi connectivity index (χ4v) is 4.39. The highest BCUT2D eigenvalue weighted by molar-refractivity contribution is 5.76. The summed E-state index contributed by atoms with van der Waals surface area (Å²) >= 11 is 0. The summed E-state index contributed by atoms with van der Waals surface area (Å²) in [7, 11) is 1.72. The van der Waals surface area contributed by atoms with Crippen molar-refractivity contribution in [2.75, 3.05) is 20.3 Å². The molecule has 1 fully saturated rings. The van der Waals surface area contributed by atoms with Gasteiger partial charge in [-0.2, -0.15) is 0 Å². The minimum Gasteiger partial charge on any atom is -0.385 e. The maximum Gasteiger partial charge on any atom is 0.222 e. The van der Waals surface area contributed by atoms with Crippen molar-refractivity contribution in [3.8, 4) is 0 Å². The summed E-state index contributed by atoms with van der Waals surface area (Å²) in [5, 5.41) is 0. The van der Waals surface area contributed by atoms with Crippen LogP contribution in [-0.2, 0) is 22.6 Å². The highest BCUT2D eigenvalue weighted by atomic mass is 16.5. The molecule has 1 aliphatic rings. The predicted molar refractivity (Wildman–Crippen MR) is 118 cm³/mol. The minimum atomic E-state index is 0.289. The highest BCUT2D eigenvalue weighted by Crippen LogP contribution is 2.28. The zero-order valence-electron chi connectivity index (χ0n) is 18.1. The normalized spacial score (nSPS) is 14.4. The lowest BCUT2D eigenvalue weighted by molar-refractivity contribution is -0.132. The van der Waals surface area contributed by atoms with E-state index in [0.29, 0.717) is 19.6 Å². The van der Waals surface area contributed by atoms with Gasteiger partial charge in [0.25, 0.3) is 0 Å². The molecule has 0 saturated heterocycles. The van der Waals surface area contributed by atoms with Crippen LogP contribution in [0.25, 0.3) is 0 Å². The molecule has 1 saturated carbocycles. The van der Waals surface area contributed by atoms with Crippen LogP contribution in [0, 0.1) is 12.8 Å². The van der Waals surface area contributed by atoms with Gasteiger partial charge in [0, 0.05) is 45.1 Å². The molecule has 0 N–H and O–H groups in total. The largest absolute Gasteiger partial charge is 0.385 e. The van der Waals surface area contributed by atoms with Crippen molar-refractivity contribution in [1.82, 2.24) is 9.47 Å². The fourth-order valence-electron chi connectivity index (χ4n) is 4.39. The summed E-state index contributed by atoms with van der Waals surface area (Å²) in [6, 6.07) is 12.7. The van der Waals surface area contributed by atoms with E-state index in [1.165, 1.54) is 42.5 Å². The number of methoxy groups -OCH3 is 1. The Hall–Kier alpha value is -2.07. The molecular formula is C25H36N2O2. The van der Waals surface area contributed by atoms with Gasteiger partial charge in [0.05, 0.1) is 6.54 Å². The minimum absolute atomic E-state index is 0.289. The number of hydrogen-bond acceptors (Lipinski definition) is 2. The van der Waals surface area contributed by atoms with Crippen molar-refractivity contribution in [2.45, 2.75) is 65.0 Å². The maximum absolute atomic E-state index is 13.0. The third-order valence-electron chi connectivity index (χ3n) is 6.25. The number of aromatic nitrogens is 1. The Bertz CT molecular complexity index is 762. The Morgan fingerprint density at radius 3 is 2.72 bits per heavy atom. The molecule has 2 aromatic rings. The molecule has 4 nitrogen and oxygen atoms in total. The van der Waals surface area contributed by atoms with Crippen LogP contribution in [0.3, 0.4) is 0 Å². The number of nitrogens with zero attached hydrogens (tertiary/aromatic N) is 2. The van der Waals surface area contributed by atoms with Gasteiger partial charge in [-0.3, -0.25) is 4.79 Å². The van der Waals surface area contributed by atoms with Crippen molar-refractivity contribution in [1.29, 1.82) is 0 Å². The van der Waals surface area contributed by atoms with Crippen molar-refractivity contribution in [3.05, 3.63) is 59.4 Å². The van der Waals surface area contributed by atoms with Crippen LogP contribution < -0.4 is 0 Å². The number of carbonyl (C=O) groups excluding carboxylic acids is 1. The Morgan fingerprint density at radius 1 is 1.17 bits per heavy atom. The summed E-state index contributed by atoms with van der Waals surface area (Å²) in [6.07, 6.45) is 10.0. The molecule has 158 valence electrons. The van der Waals surface area contributed by atoms with E-state index in [1.807, 2.05) is 4.90 Å². The summed E-state index contributed by atoms with van der Waals surface area (Å²) < 4.78 is 7.49. The number of rotatable bonds is 11. The molecule has 1 amide bonds. The molecule has 29 heavy (non-hydrogen) atoms. The van der Waals surface area contributed by atoms with Crippen molar-refractivity contribution >= 4 is 5.91 Å². The predicted octanol–water partition coefficient (Wildman–Crippen LogP) is 5.18. The molecule has 1 aromatic carbocycles. The van der Waals surface area contributed by atoms with Crippen LogP contribution in [0.4, 0.5) is 0 Å². The van der Waals surface area contributed by atoms with Gasteiger partial charge in [0.2, 0.25) is 5.91 Å². The van der Waals surface area contributed by atoms with Gasteiger partial charge in [0.1, 0.15) is 0 Å². The molecule has 1 aliphatic carbocycles. The third-order valence-corrected chi connectivity index (χ3v) is 6.25. The molecule has 0 unspecified atom stereocenters. The van der Waals surface area contributed by atoms with Crippen molar-refractivity contribution in [2.24, 2.45) is 5.92 Å². The van der Waals surface area contributed by atoms with Crippen molar-refractivity contribution < 1.29 is 9.53 Å². The van der Waals surface area contributed by atoms with Crippen molar-refractivity contribution in [3.63, 3.8) is 0 Å². The molecule has 0 aliphatic heterocycles. The van der Waals surface area contributed by atoms with Crippen LogP contribution in [0.5, 0.6) is 0 Å². The molecule has 1 heterocycles. The van der Waals surface area contributed by atoms with Gasteiger partial charge in [-0.15, -0.1) is 0 Å². The van der Waals surface area contributed by atoms with E-state index in [9.17, 15) is 4.79 Å². The van der Waals surface area contributed by atoms with E-state index in [4.69, 9.17) is 4.74 Å². The lowest BCUT2D eigenvalue weighted by Gasteiger charge is -2.24. The molecule has 3 rings (SSSR count). The fraction of sp³-hybridized carbons (Fsp3) is 0.560. The van der Waals surface area contributed by atoms with Gasteiger partial charge < -0.3 is 14.2 Å². The van der Waals surface area contributed by atoms with E-state index in [2.05, 4.69) is 54.1 Å². The number of amides is 1. The number of benzene rings is 1. The lowest BCUT2D eigenvalue weighted by Crippen LogP contribution is -2.33. The second-order valence-corrected chi connectivity index (χ2v) is 8.40. The van der Waals surface area contributed by atoms with Gasteiger partial charge in [-0.1, -0.05) is 49.9 Å². The second kappa shape index (κ2) is 11.2. The van der Waals surface area contributed by atoms with Crippen LogP contribution in [0.2, 0.25) is 0 Å². The first-order chi connectivity index (χ1) is 14.2. The SMILES string of the molecule is COCCCN(Cc1cccn1Cc1ccccc1C)C(=O)CCC1CCCC1. The molecule has 0 bridgehead atoms. The van der Waals surface area contributed by atoms with E-state index in [1.54, 1.807) is 7.11 Å². The Balaban J connectivity index is 1.64. The van der Waals surface area contributed by atoms with E-state index in [0.717, 1.165) is 31.8 Å². The number of ether oxygens (including phenoxy) is 1. The average molecular weight is 397 g/mol. The third kappa shape index (κ3) is 6.46. The highest BCUT2D eigenvalue weighted by Gasteiger charge is 2.20. The van der Waals surface area contributed by atoms with E-state index >= 15 is 0 Å². The zero-order valence-corrected chi connectivity index (χ0v) is 18.1. The van der Waals surface area contributed by atoms with Gasteiger partial charge in [0.15, 0.2) is 0 Å². The molecular weight excluding hydrogens is 360 g/mol. The molecule has 1 aromatic heterocycles. The molecule has 0 radical (unpaired) electrons. The maximum atomic E-state index is 13.0. The Labute approximate surface area is 175 Å². The Kier molecular flexibility index (Phi) is 8.36. The smallest absolute Gasteiger partial charge is 0.222 e. The molecule has 0 spiro atoms. The summed E-state index contributed by atoms with van der Waals surface area (Å²) in [5.74, 6) is 1.04. The first-order valence-corrected chi connectivity index (χ1v) is 11.1. The summed E-state index contributed by atoms with van der Waals surface area (Å²) in [4.78, 5) is 15.1. The summed E-state index contributed by atoms with van der Waals surface area (Å²) in [5.41, 5.74) is 3.82. The van der Waals surface area contributed by atoms with Crippen LogP contribution in [0.1, 0.15) is 61.8 Å².